The summed E-state index contributed by atoms with van der Waals surface area (Å²) in [5, 5.41) is 4.48. The van der Waals surface area contributed by atoms with Gasteiger partial charge in [-0.25, -0.2) is 0 Å². The summed E-state index contributed by atoms with van der Waals surface area (Å²) in [5.41, 5.74) is 1.04. The molecule has 4 heteroatoms. The van der Waals surface area contributed by atoms with Crippen LogP contribution in [0.4, 0.5) is 0 Å². The molecule has 2 nitrogen and oxygen atoms in total. The zero-order chi connectivity index (χ0) is 11.4. The van der Waals surface area contributed by atoms with Gasteiger partial charge in [0.05, 0.1) is 10.0 Å². The molecule has 0 aliphatic heterocycles. The molecule has 84 valence electrons. The van der Waals surface area contributed by atoms with Gasteiger partial charge in [0.15, 0.2) is 0 Å². The molecular formula is C11H16Cl2N2. The lowest BCUT2D eigenvalue weighted by Crippen LogP contribution is -2.29. The maximum Gasteiger partial charge on any atom is 0.0640 e. The van der Waals surface area contributed by atoms with Crippen LogP contribution in [0.25, 0.3) is 0 Å². The fraction of sp³-hybridized carbons (Fsp3) is 0.455. The molecule has 0 aliphatic carbocycles. The average Bonchev–Trinajstić information content (AvgIpc) is 2.19. The van der Waals surface area contributed by atoms with Gasteiger partial charge < -0.3 is 10.2 Å². The van der Waals surface area contributed by atoms with Gasteiger partial charge in [-0.05, 0) is 32.8 Å². The maximum absolute atomic E-state index is 6.16. The van der Waals surface area contributed by atoms with Gasteiger partial charge in [0.25, 0.3) is 0 Å². The molecule has 0 heterocycles. The van der Waals surface area contributed by atoms with Crippen molar-refractivity contribution >= 4 is 23.2 Å². The fourth-order valence-electron chi connectivity index (χ4n) is 1.50. The minimum atomic E-state index is 0.200. The predicted molar refractivity (Wildman–Crippen MR) is 66.8 cm³/mol. The van der Waals surface area contributed by atoms with Crippen LogP contribution >= 0.6 is 23.2 Å². The van der Waals surface area contributed by atoms with Crippen molar-refractivity contribution in [3.8, 4) is 0 Å². The quantitative estimate of drug-likeness (QED) is 0.880. The minimum absolute atomic E-state index is 0.200. The molecule has 0 fully saturated rings. The molecule has 0 spiro atoms. The van der Waals surface area contributed by atoms with Crippen molar-refractivity contribution in [3.63, 3.8) is 0 Å². The van der Waals surface area contributed by atoms with Gasteiger partial charge in [-0.2, -0.15) is 0 Å². The smallest absolute Gasteiger partial charge is 0.0640 e. The molecule has 1 aromatic carbocycles. The number of benzene rings is 1. The third-order valence-electron chi connectivity index (χ3n) is 2.25. The van der Waals surface area contributed by atoms with E-state index in [0.717, 1.165) is 12.1 Å². The molecule has 0 saturated carbocycles. The van der Waals surface area contributed by atoms with Crippen molar-refractivity contribution in [2.75, 3.05) is 27.7 Å². The summed E-state index contributed by atoms with van der Waals surface area (Å²) in [6.07, 6.45) is 0. The highest BCUT2D eigenvalue weighted by molar-refractivity contribution is 6.42. The highest BCUT2D eigenvalue weighted by atomic mass is 35.5. The summed E-state index contributed by atoms with van der Waals surface area (Å²) in [5.74, 6) is 0. The Hall–Kier alpha value is -0.280. The largest absolute Gasteiger partial charge is 0.312 e. The first-order chi connectivity index (χ1) is 7.06. The molecule has 1 unspecified atom stereocenters. The fourth-order valence-corrected chi connectivity index (χ4v) is 1.94. The Morgan fingerprint density at radius 2 is 2.00 bits per heavy atom. The highest BCUT2D eigenvalue weighted by Gasteiger charge is 2.14. The molecule has 1 atom stereocenters. The molecule has 0 saturated heterocycles. The van der Waals surface area contributed by atoms with Crippen molar-refractivity contribution in [1.82, 2.24) is 10.2 Å². The van der Waals surface area contributed by atoms with Crippen molar-refractivity contribution in [1.29, 1.82) is 0 Å². The van der Waals surface area contributed by atoms with Gasteiger partial charge >= 0.3 is 0 Å². The van der Waals surface area contributed by atoms with E-state index in [1.807, 2.05) is 33.3 Å². The van der Waals surface area contributed by atoms with Crippen LogP contribution in [-0.2, 0) is 0 Å². The van der Waals surface area contributed by atoms with E-state index in [-0.39, 0.29) is 6.04 Å². The van der Waals surface area contributed by atoms with Crippen molar-refractivity contribution < 1.29 is 0 Å². The van der Waals surface area contributed by atoms with Gasteiger partial charge in [-0.3, -0.25) is 0 Å². The number of likely N-dealkylation sites (N-methyl/N-ethyl adjacent to an activating group) is 2. The van der Waals surface area contributed by atoms with E-state index in [1.54, 1.807) is 6.07 Å². The summed E-state index contributed by atoms with van der Waals surface area (Å²) in [6.45, 7) is 0.885. The van der Waals surface area contributed by atoms with Crippen LogP contribution in [0.1, 0.15) is 11.6 Å². The summed E-state index contributed by atoms with van der Waals surface area (Å²) in [7, 11) is 5.98. The lowest BCUT2D eigenvalue weighted by atomic mass is 10.1. The highest BCUT2D eigenvalue weighted by Crippen LogP contribution is 2.29. The van der Waals surface area contributed by atoms with Crippen LogP contribution in [0.15, 0.2) is 18.2 Å². The molecule has 1 rings (SSSR count). The maximum atomic E-state index is 6.16. The monoisotopic (exact) mass is 246 g/mol. The Kier molecular flexibility index (Phi) is 4.87. The van der Waals surface area contributed by atoms with Crippen molar-refractivity contribution in [3.05, 3.63) is 33.8 Å². The Bertz CT molecular complexity index is 326. The second kappa shape index (κ2) is 5.71. The summed E-state index contributed by atoms with van der Waals surface area (Å²) < 4.78 is 0. The first-order valence-corrected chi connectivity index (χ1v) is 5.57. The molecule has 0 amide bonds. The second-order valence-electron chi connectivity index (χ2n) is 3.75. The molecular weight excluding hydrogens is 231 g/mol. The van der Waals surface area contributed by atoms with Crippen LogP contribution in [0.3, 0.4) is 0 Å². The van der Waals surface area contributed by atoms with Gasteiger partial charge in [0.2, 0.25) is 0 Å². The number of hydrogen-bond donors (Lipinski definition) is 1. The van der Waals surface area contributed by atoms with Gasteiger partial charge in [-0.15, -0.1) is 0 Å². The van der Waals surface area contributed by atoms with Gasteiger partial charge in [0.1, 0.15) is 0 Å². The lowest BCUT2D eigenvalue weighted by Gasteiger charge is -2.22. The molecule has 15 heavy (non-hydrogen) atoms. The van der Waals surface area contributed by atoms with Crippen molar-refractivity contribution in [2.24, 2.45) is 0 Å². The number of nitrogens with zero attached hydrogens (tertiary/aromatic N) is 1. The molecule has 0 radical (unpaired) electrons. The van der Waals surface area contributed by atoms with Crippen LogP contribution in [0.5, 0.6) is 0 Å². The van der Waals surface area contributed by atoms with E-state index in [2.05, 4.69) is 10.2 Å². The van der Waals surface area contributed by atoms with Crippen LogP contribution in [0, 0.1) is 0 Å². The van der Waals surface area contributed by atoms with E-state index < -0.39 is 0 Å². The summed E-state index contributed by atoms with van der Waals surface area (Å²) >= 11 is 12.1. The zero-order valence-electron chi connectivity index (χ0n) is 9.22. The second-order valence-corrected chi connectivity index (χ2v) is 4.53. The summed E-state index contributed by atoms with van der Waals surface area (Å²) in [6, 6.07) is 5.92. The van der Waals surface area contributed by atoms with E-state index in [0.29, 0.717) is 10.0 Å². The molecule has 1 aromatic rings. The predicted octanol–water partition coefficient (Wildman–Crippen LogP) is 2.82. The number of nitrogens with one attached hydrogen (secondary N) is 1. The Labute approximate surface area is 101 Å². The van der Waals surface area contributed by atoms with Crippen LogP contribution in [-0.4, -0.2) is 32.6 Å². The SMILES string of the molecule is CNC(CN(C)C)c1cccc(Cl)c1Cl. The topological polar surface area (TPSA) is 15.3 Å². The van der Waals surface area contributed by atoms with Crippen LogP contribution in [0.2, 0.25) is 10.0 Å². The van der Waals surface area contributed by atoms with E-state index in [9.17, 15) is 0 Å². The molecule has 0 bridgehead atoms. The Morgan fingerprint density at radius 3 is 2.53 bits per heavy atom. The average molecular weight is 247 g/mol. The first-order valence-electron chi connectivity index (χ1n) is 4.82. The molecule has 0 aromatic heterocycles. The van der Waals surface area contributed by atoms with Gasteiger partial charge in [0, 0.05) is 12.6 Å². The third kappa shape index (κ3) is 3.35. The standard InChI is InChI=1S/C11H16Cl2N2/c1-14-10(7-15(2)3)8-5-4-6-9(12)11(8)13/h4-6,10,14H,7H2,1-3H3. The molecule has 1 N–H and O–H groups in total. The van der Waals surface area contributed by atoms with Crippen molar-refractivity contribution in [2.45, 2.75) is 6.04 Å². The normalized spacial score (nSPS) is 13.2. The lowest BCUT2D eigenvalue weighted by molar-refractivity contribution is 0.353. The minimum Gasteiger partial charge on any atom is -0.312 e. The zero-order valence-corrected chi connectivity index (χ0v) is 10.7. The van der Waals surface area contributed by atoms with E-state index in [4.69, 9.17) is 23.2 Å². The summed E-state index contributed by atoms with van der Waals surface area (Å²) in [4.78, 5) is 2.11. The first kappa shape index (κ1) is 12.8. The Balaban J connectivity index is 2.96. The number of hydrogen-bond acceptors (Lipinski definition) is 2. The molecule has 0 aliphatic rings. The van der Waals surface area contributed by atoms with Crippen LogP contribution < -0.4 is 5.32 Å². The van der Waals surface area contributed by atoms with E-state index >= 15 is 0 Å². The van der Waals surface area contributed by atoms with E-state index in [1.165, 1.54) is 0 Å². The number of halogens is 2. The Morgan fingerprint density at radius 1 is 1.33 bits per heavy atom. The number of rotatable bonds is 4. The third-order valence-corrected chi connectivity index (χ3v) is 3.09. The van der Waals surface area contributed by atoms with Gasteiger partial charge in [-0.1, -0.05) is 35.3 Å².